The quantitative estimate of drug-likeness (QED) is 0.205. The van der Waals surface area contributed by atoms with Crippen LogP contribution >= 0.6 is 15.9 Å². The Kier molecular flexibility index (Phi) is 10.7. The number of hydrogen-bond acceptors (Lipinski definition) is 4. The summed E-state index contributed by atoms with van der Waals surface area (Å²) in [6, 6.07) is 27.0. The van der Waals surface area contributed by atoms with Crippen LogP contribution in [-0.4, -0.2) is 44.3 Å². The number of amides is 2. The molecule has 0 aliphatic heterocycles. The summed E-state index contributed by atoms with van der Waals surface area (Å²) in [5, 5.41) is 2.84. The standard InChI is InChI=1S/C33H33BrFN3O4S/c1-3-36-33(40)31(21-25-8-5-4-6-9-25)37(22-26-10-7-11-27(34)20-26)32(39)23-38(29-16-14-28(35)15-17-29)43(41,42)30-18-12-24(2)13-19-30/h4-20,31H,3,21-23H2,1-2H3,(H,36,40). The molecule has 0 saturated heterocycles. The molecule has 0 heterocycles. The lowest BCUT2D eigenvalue weighted by atomic mass is 10.0. The van der Waals surface area contributed by atoms with Crippen LogP contribution in [0.4, 0.5) is 10.1 Å². The van der Waals surface area contributed by atoms with Crippen molar-refractivity contribution >= 4 is 43.5 Å². The zero-order valence-corrected chi connectivity index (χ0v) is 26.3. The molecule has 7 nitrogen and oxygen atoms in total. The maximum Gasteiger partial charge on any atom is 0.264 e. The second-order valence-electron chi connectivity index (χ2n) is 10.1. The van der Waals surface area contributed by atoms with Gasteiger partial charge < -0.3 is 10.2 Å². The van der Waals surface area contributed by atoms with Crippen molar-refractivity contribution in [1.82, 2.24) is 10.2 Å². The lowest BCUT2D eigenvalue weighted by Crippen LogP contribution is -2.53. The fourth-order valence-corrected chi connectivity index (χ4v) is 6.51. The Balaban J connectivity index is 1.79. The van der Waals surface area contributed by atoms with Gasteiger partial charge in [-0.3, -0.25) is 13.9 Å². The molecule has 1 atom stereocenters. The molecule has 1 unspecified atom stereocenters. The third-order valence-electron chi connectivity index (χ3n) is 6.87. The molecule has 4 aromatic rings. The summed E-state index contributed by atoms with van der Waals surface area (Å²) in [7, 11) is -4.25. The third kappa shape index (κ3) is 8.30. The molecule has 0 aromatic heterocycles. The maximum absolute atomic E-state index is 14.3. The van der Waals surface area contributed by atoms with E-state index < -0.39 is 34.3 Å². The molecule has 0 aliphatic carbocycles. The van der Waals surface area contributed by atoms with Crippen LogP contribution in [0.3, 0.4) is 0 Å². The number of halogens is 2. The minimum Gasteiger partial charge on any atom is -0.355 e. The maximum atomic E-state index is 14.3. The highest BCUT2D eigenvalue weighted by molar-refractivity contribution is 9.10. The molecule has 43 heavy (non-hydrogen) atoms. The van der Waals surface area contributed by atoms with Gasteiger partial charge in [0.25, 0.3) is 10.0 Å². The molecule has 0 aliphatic rings. The summed E-state index contributed by atoms with van der Waals surface area (Å²) < 4.78 is 43.5. The van der Waals surface area contributed by atoms with E-state index in [2.05, 4.69) is 21.2 Å². The van der Waals surface area contributed by atoms with Crippen molar-refractivity contribution in [3.8, 4) is 0 Å². The van der Waals surface area contributed by atoms with Crippen LogP contribution in [-0.2, 0) is 32.6 Å². The van der Waals surface area contributed by atoms with Crippen LogP contribution in [0.1, 0.15) is 23.6 Å². The van der Waals surface area contributed by atoms with E-state index in [1.165, 1.54) is 29.2 Å². The molecular weight excluding hydrogens is 633 g/mol. The summed E-state index contributed by atoms with van der Waals surface area (Å²) in [6.07, 6.45) is 0.216. The van der Waals surface area contributed by atoms with Crippen molar-refractivity contribution in [2.45, 2.75) is 37.8 Å². The number of likely N-dealkylation sites (N-methyl/N-ethyl adjacent to an activating group) is 1. The number of nitrogens with one attached hydrogen (secondary N) is 1. The van der Waals surface area contributed by atoms with E-state index in [9.17, 15) is 22.4 Å². The van der Waals surface area contributed by atoms with Gasteiger partial charge in [-0.05, 0) is 73.5 Å². The number of carbonyl (C=O) groups is 2. The fraction of sp³-hybridized carbons (Fsp3) is 0.212. The number of sulfonamides is 1. The monoisotopic (exact) mass is 665 g/mol. The van der Waals surface area contributed by atoms with Crippen molar-refractivity contribution in [2.75, 3.05) is 17.4 Å². The summed E-state index contributed by atoms with van der Waals surface area (Å²) >= 11 is 3.47. The van der Waals surface area contributed by atoms with Gasteiger partial charge >= 0.3 is 0 Å². The molecule has 0 fully saturated rings. The van der Waals surface area contributed by atoms with Crippen LogP contribution in [0.15, 0.2) is 112 Å². The zero-order valence-electron chi connectivity index (χ0n) is 23.9. The number of anilines is 1. The number of hydrogen-bond donors (Lipinski definition) is 1. The molecule has 4 rings (SSSR count). The van der Waals surface area contributed by atoms with Gasteiger partial charge in [0.2, 0.25) is 11.8 Å². The van der Waals surface area contributed by atoms with E-state index in [-0.39, 0.29) is 29.5 Å². The van der Waals surface area contributed by atoms with Crippen LogP contribution in [0, 0.1) is 12.7 Å². The molecule has 224 valence electrons. The molecule has 10 heteroatoms. The Morgan fingerprint density at radius 1 is 0.884 bits per heavy atom. The smallest absolute Gasteiger partial charge is 0.264 e. The highest BCUT2D eigenvalue weighted by Crippen LogP contribution is 2.26. The van der Waals surface area contributed by atoms with E-state index in [4.69, 9.17) is 0 Å². The molecule has 2 amide bonds. The predicted octanol–water partition coefficient (Wildman–Crippen LogP) is 5.87. The van der Waals surface area contributed by atoms with Crippen LogP contribution in [0.5, 0.6) is 0 Å². The molecule has 0 radical (unpaired) electrons. The van der Waals surface area contributed by atoms with E-state index in [1.54, 1.807) is 19.1 Å². The second kappa shape index (κ2) is 14.4. The first-order valence-electron chi connectivity index (χ1n) is 13.8. The van der Waals surface area contributed by atoms with Gasteiger partial charge in [0.1, 0.15) is 18.4 Å². The molecule has 0 spiro atoms. The minimum atomic E-state index is -4.25. The van der Waals surface area contributed by atoms with Crippen LogP contribution in [0.25, 0.3) is 0 Å². The van der Waals surface area contributed by atoms with Crippen molar-refractivity contribution in [3.63, 3.8) is 0 Å². The van der Waals surface area contributed by atoms with Gasteiger partial charge in [-0.15, -0.1) is 0 Å². The number of rotatable bonds is 12. The summed E-state index contributed by atoms with van der Waals surface area (Å²) in [5.74, 6) is -1.49. The van der Waals surface area contributed by atoms with Crippen molar-refractivity contribution in [1.29, 1.82) is 0 Å². The predicted molar refractivity (Wildman–Crippen MR) is 169 cm³/mol. The zero-order chi connectivity index (χ0) is 31.0. The van der Waals surface area contributed by atoms with Gasteiger partial charge in [-0.2, -0.15) is 0 Å². The molecular formula is C33H33BrFN3O4S. The van der Waals surface area contributed by atoms with E-state index >= 15 is 0 Å². The number of nitrogens with zero attached hydrogens (tertiary/aromatic N) is 2. The average Bonchev–Trinajstić information content (AvgIpc) is 2.99. The van der Waals surface area contributed by atoms with Gasteiger partial charge in [0.15, 0.2) is 0 Å². The van der Waals surface area contributed by atoms with Gasteiger partial charge in [-0.1, -0.05) is 76.1 Å². The van der Waals surface area contributed by atoms with E-state index in [0.717, 1.165) is 37.6 Å². The minimum absolute atomic E-state index is 0.0154. The van der Waals surface area contributed by atoms with Crippen molar-refractivity contribution in [2.24, 2.45) is 0 Å². The Labute approximate surface area is 260 Å². The Hall–Kier alpha value is -4.02. The fourth-order valence-electron chi connectivity index (χ4n) is 4.65. The third-order valence-corrected chi connectivity index (χ3v) is 9.15. The first kappa shape index (κ1) is 31.9. The lowest BCUT2D eigenvalue weighted by Gasteiger charge is -2.34. The largest absolute Gasteiger partial charge is 0.355 e. The number of benzene rings is 4. The summed E-state index contributed by atoms with van der Waals surface area (Å²) in [5.41, 5.74) is 2.58. The first-order valence-corrected chi connectivity index (χ1v) is 16.0. The van der Waals surface area contributed by atoms with E-state index in [0.29, 0.717) is 6.54 Å². The summed E-state index contributed by atoms with van der Waals surface area (Å²) in [4.78, 5) is 29.2. The van der Waals surface area contributed by atoms with Crippen LogP contribution < -0.4 is 9.62 Å². The van der Waals surface area contributed by atoms with Gasteiger partial charge in [0, 0.05) is 24.0 Å². The highest BCUT2D eigenvalue weighted by Gasteiger charge is 2.34. The highest BCUT2D eigenvalue weighted by atomic mass is 79.9. The van der Waals surface area contributed by atoms with Crippen molar-refractivity contribution in [3.05, 3.63) is 130 Å². The lowest BCUT2D eigenvalue weighted by molar-refractivity contribution is -0.140. The Morgan fingerprint density at radius 2 is 1.53 bits per heavy atom. The Morgan fingerprint density at radius 3 is 2.16 bits per heavy atom. The van der Waals surface area contributed by atoms with Crippen LogP contribution in [0.2, 0.25) is 0 Å². The molecule has 0 bridgehead atoms. The van der Waals surface area contributed by atoms with Gasteiger partial charge in [-0.25, -0.2) is 12.8 Å². The molecule has 4 aromatic carbocycles. The normalized spacial score (nSPS) is 11.9. The number of aryl methyl sites for hydroxylation is 1. The summed E-state index contributed by atoms with van der Waals surface area (Å²) in [6.45, 7) is 3.43. The first-order chi connectivity index (χ1) is 20.6. The number of carbonyl (C=O) groups excluding carboxylic acids is 2. The topological polar surface area (TPSA) is 86.8 Å². The second-order valence-corrected chi connectivity index (χ2v) is 12.8. The Bertz CT molecular complexity index is 1650. The van der Waals surface area contributed by atoms with Crippen molar-refractivity contribution < 1.29 is 22.4 Å². The molecule has 0 saturated carbocycles. The van der Waals surface area contributed by atoms with Gasteiger partial charge in [0.05, 0.1) is 10.6 Å². The molecule has 1 N–H and O–H groups in total. The SMILES string of the molecule is CCNC(=O)C(Cc1ccccc1)N(Cc1cccc(Br)c1)C(=O)CN(c1ccc(F)cc1)S(=O)(=O)c1ccc(C)cc1. The average molecular weight is 667 g/mol. The van der Waals surface area contributed by atoms with E-state index in [1.807, 2.05) is 61.5 Å².